The van der Waals surface area contributed by atoms with Crippen LogP contribution in [0.1, 0.15) is 19.8 Å². The summed E-state index contributed by atoms with van der Waals surface area (Å²) in [6.45, 7) is 2.10. The minimum absolute atomic E-state index is 0.0332. The third-order valence-corrected chi connectivity index (χ3v) is 2.06. The van der Waals surface area contributed by atoms with E-state index in [4.69, 9.17) is 5.11 Å². The molecular weight excluding hydrogens is 130 g/mol. The summed E-state index contributed by atoms with van der Waals surface area (Å²) in [6, 6.07) is 0.323. The lowest BCUT2D eigenvalue weighted by atomic mass is 9.97. The first-order valence-electron chi connectivity index (χ1n) is 3.79. The zero-order valence-electron chi connectivity index (χ0n) is 6.25. The number of piperidine rings is 1. The van der Waals surface area contributed by atoms with Crippen molar-refractivity contribution in [2.24, 2.45) is 0 Å². The molecule has 0 aromatic rings. The second-order valence-corrected chi connectivity index (χ2v) is 3.00. The van der Waals surface area contributed by atoms with Crippen LogP contribution in [0.4, 0.5) is 0 Å². The Balaban J connectivity index is 2.38. The van der Waals surface area contributed by atoms with Gasteiger partial charge in [-0.15, -0.1) is 0 Å². The zero-order chi connectivity index (χ0) is 7.56. The predicted octanol–water partition coefficient (Wildman–Crippen LogP) is -0.520. The van der Waals surface area contributed by atoms with Gasteiger partial charge in [-0.3, -0.25) is 0 Å². The molecule has 1 rings (SSSR count). The van der Waals surface area contributed by atoms with E-state index in [1.807, 2.05) is 0 Å². The summed E-state index contributed by atoms with van der Waals surface area (Å²) in [7, 11) is 0. The van der Waals surface area contributed by atoms with Crippen molar-refractivity contribution < 1.29 is 10.2 Å². The third kappa shape index (κ3) is 1.68. The normalized spacial score (nSPS) is 41.7. The van der Waals surface area contributed by atoms with Gasteiger partial charge in [0.2, 0.25) is 0 Å². The Hall–Kier alpha value is -0.120. The van der Waals surface area contributed by atoms with E-state index in [2.05, 4.69) is 12.2 Å². The topological polar surface area (TPSA) is 52.5 Å². The molecule has 3 heteroatoms. The van der Waals surface area contributed by atoms with Crippen LogP contribution >= 0.6 is 0 Å². The summed E-state index contributed by atoms with van der Waals surface area (Å²) in [5.74, 6) is 0. The summed E-state index contributed by atoms with van der Waals surface area (Å²) in [5.41, 5.74) is 0. The molecule has 0 amide bonds. The third-order valence-electron chi connectivity index (χ3n) is 2.06. The molecule has 1 fully saturated rings. The van der Waals surface area contributed by atoms with Gasteiger partial charge in [0.15, 0.2) is 0 Å². The number of hydrogen-bond acceptors (Lipinski definition) is 3. The van der Waals surface area contributed by atoms with E-state index in [9.17, 15) is 5.11 Å². The number of aliphatic hydroxyl groups excluding tert-OH is 2. The minimum Gasteiger partial charge on any atom is -0.395 e. The summed E-state index contributed by atoms with van der Waals surface area (Å²) in [4.78, 5) is 0. The first kappa shape index (κ1) is 7.98. The van der Waals surface area contributed by atoms with Gasteiger partial charge in [0.25, 0.3) is 0 Å². The van der Waals surface area contributed by atoms with Gasteiger partial charge in [-0.2, -0.15) is 0 Å². The highest BCUT2D eigenvalue weighted by atomic mass is 16.3. The maximum absolute atomic E-state index is 9.26. The Morgan fingerprint density at radius 2 is 2.20 bits per heavy atom. The average Bonchev–Trinajstić information content (AvgIpc) is 1.94. The molecule has 1 aliphatic rings. The predicted molar refractivity (Wildman–Crippen MR) is 38.7 cm³/mol. The molecule has 3 N–H and O–H groups in total. The highest BCUT2D eigenvalue weighted by Gasteiger charge is 2.24. The maximum atomic E-state index is 9.26. The molecule has 0 aliphatic carbocycles. The van der Waals surface area contributed by atoms with Crippen LogP contribution in [0.2, 0.25) is 0 Å². The maximum Gasteiger partial charge on any atom is 0.0716 e. The molecule has 0 unspecified atom stereocenters. The fourth-order valence-corrected chi connectivity index (χ4v) is 1.36. The van der Waals surface area contributed by atoms with Crippen LogP contribution < -0.4 is 5.32 Å². The van der Waals surface area contributed by atoms with E-state index >= 15 is 0 Å². The van der Waals surface area contributed by atoms with Gasteiger partial charge in [-0.25, -0.2) is 0 Å². The minimum atomic E-state index is -0.360. The van der Waals surface area contributed by atoms with Crippen LogP contribution in [0.25, 0.3) is 0 Å². The van der Waals surface area contributed by atoms with Crippen molar-refractivity contribution >= 4 is 0 Å². The summed E-state index contributed by atoms with van der Waals surface area (Å²) in [5, 5.41) is 21.1. The van der Waals surface area contributed by atoms with Crippen molar-refractivity contribution in [2.45, 2.75) is 38.0 Å². The zero-order valence-corrected chi connectivity index (χ0v) is 6.25. The first-order valence-corrected chi connectivity index (χ1v) is 3.79. The van der Waals surface area contributed by atoms with Gasteiger partial charge in [0, 0.05) is 6.04 Å². The van der Waals surface area contributed by atoms with Crippen LogP contribution in [0.15, 0.2) is 0 Å². The summed E-state index contributed by atoms with van der Waals surface area (Å²) < 4.78 is 0. The van der Waals surface area contributed by atoms with Crippen molar-refractivity contribution in [3.63, 3.8) is 0 Å². The molecule has 10 heavy (non-hydrogen) atoms. The molecule has 0 spiro atoms. The van der Waals surface area contributed by atoms with Crippen molar-refractivity contribution in [1.82, 2.24) is 5.32 Å². The molecule has 3 nitrogen and oxygen atoms in total. The fourth-order valence-electron chi connectivity index (χ4n) is 1.36. The van der Waals surface area contributed by atoms with Gasteiger partial charge in [-0.1, -0.05) is 0 Å². The quantitative estimate of drug-likeness (QED) is 0.465. The van der Waals surface area contributed by atoms with E-state index in [1.54, 1.807) is 0 Å². The number of hydrogen-bond donors (Lipinski definition) is 3. The van der Waals surface area contributed by atoms with Crippen LogP contribution in [-0.4, -0.2) is 35.0 Å². The van der Waals surface area contributed by atoms with Gasteiger partial charge < -0.3 is 15.5 Å². The van der Waals surface area contributed by atoms with Crippen LogP contribution in [0, 0.1) is 0 Å². The number of rotatable bonds is 1. The van der Waals surface area contributed by atoms with Gasteiger partial charge >= 0.3 is 0 Å². The molecule has 0 saturated carbocycles. The molecule has 1 heterocycles. The Kier molecular flexibility index (Phi) is 2.65. The molecule has 0 aromatic carbocycles. The van der Waals surface area contributed by atoms with Crippen LogP contribution in [-0.2, 0) is 0 Å². The monoisotopic (exact) mass is 145 g/mol. The second-order valence-electron chi connectivity index (χ2n) is 3.00. The van der Waals surface area contributed by atoms with Crippen molar-refractivity contribution in [1.29, 1.82) is 0 Å². The van der Waals surface area contributed by atoms with E-state index in [1.165, 1.54) is 0 Å². The van der Waals surface area contributed by atoms with Gasteiger partial charge in [0.05, 0.1) is 18.8 Å². The first-order chi connectivity index (χ1) is 4.74. The average molecular weight is 145 g/mol. The molecule has 1 saturated heterocycles. The lowest BCUT2D eigenvalue weighted by molar-refractivity contribution is 0.0525. The second kappa shape index (κ2) is 3.32. The molecular formula is C7H15NO2. The van der Waals surface area contributed by atoms with Crippen molar-refractivity contribution in [3.8, 4) is 0 Å². The van der Waals surface area contributed by atoms with Crippen LogP contribution in [0.5, 0.6) is 0 Å². The van der Waals surface area contributed by atoms with Crippen LogP contribution in [0.3, 0.4) is 0 Å². The molecule has 1 aliphatic heterocycles. The Morgan fingerprint density at radius 3 is 2.70 bits per heavy atom. The Morgan fingerprint density at radius 1 is 1.50 bits per heavy atom. The molecule has 0 aromatic heterocycles. The number of aliphatic hydroxyl groups is 2. The SMILES string of the molecule is C[C@H]1CC[C@@H](O)[C@@H](CO)N1. The van der Waals surface area contributed by atoms with Crippen molar-refractivity contribution in [3.05, 3.63) is 0 Å². The lowest BCUT2D eigenvalue weighted by Crippen LogP contribution is -2.51. The lowest BCUT2D eigenvalue weighted by Gasteiger charge is -2.31. The Bertz CT molecular complexity index is 108. The van der Waals surface area contributed by atoms with E-state index in [0.29, 0.717) is 6.04 Å². The highest BCUT2D eigenvalue weighted by molar-refractivity contribution is 4.83. The van der Waals surface area contributed by atoms with Gasteiger partial charge in [0.1, 0.15) is 0 Å². The van der Waals surface area contributed by atoms with E-state index < -0.39 is 0 Å². The molecule has 0 bridgehead atoms. The number of nitrogens with one attached hydrogen (secondary N) is 1. The largest absolute Gasteiger partial charge is 0.395 e. The van der Waals surface area contributed by atoms with Crippen molar-refractivity contribution in [2.75, 3.05) is 6.61 Å². The van der Waals surface area contributed by atoms with E-state index in [0.717, 1.165) is 12.8 Å². The fraction of sp³-hybridized carbons (Fsp3) is 1.00. The molecule has 60 valence electrons. The Labute approximate surface area is 61.1 Å². The highest BCUT2D eigenvalue weighted by Crippen LogP contribution is 2.12. The standard InChI is InChI=1S/C7H15NO2/c1-5-2-3-7(10)6(4-9)8-5/h5-10H,2-4H2,1H3/t5-,6+,7+/m0/s1. The summed E-state index contributed by atoms with van der Waals surface area (Å²) in [6.07, 6.45) is 1.44. The summed E-state index contributed by atoms with van der Waals surface area (Å²) >= 11 is 0. The van der Waals surface area contributed by atoms with E-state index in [-0.39, 0.29) is 18.8 Å². The molecule has 3 atom stereocenters. The molecule has 0 radical (unpaired) electrons. The van der Waals surface area contributed by atoms with Gasteiger partial charge in [-0.05, 0) is 19.8 Å². The smallest absolute Gasteiger partial charge is 0.0716 e.